The van der Waals surface area contributed by atoms with E-state index in [2.05, 4.69) is 20.6 Å². The first-order valence-electron chi connectivity index (χ1n) is 22.5. The van der Waals surface area contributed by atoms with Crippen molar-refractivity contribution in [3.05, 3.63) is 47.6 Å². The molecule has 0 bridgehead atoms. The summed E-state index contributed by atoms with van der Waals surface area (Å²) in [4.78, 5) is 62.8. The zero-order chi connectivity index (χ0) is 47.3. The Hall–Kier alpha value is -4.52. The van der Waals surface area contributed by atoms with Crippen molar-refractivity contribution in [3.63, 3.8) is 0 Å². The number of nitrogens with one attached hydrogen (secondary N) is 2. The van der Waals surface area contributed by atoms with Crippen molar-refractivity contribution in [1.82, 2.24) is 20.3 Å². The summed E-state index contributed by atoms with van der Waals surface area (Å²) < 4.78 is 54.3. The van der Waals surface area contributed by atoms with Crippen LogP contribution in [0.5, 0.6) is 0 Å². The highest BCUT2D eigenvalue weighted by Gasteiger charge is 2.24. The molecule has 1 aromatic carbocycles. The van der Waals surface area contributed by atoms with Gasteiger partial charge < -0.3 is 63.1 Å². The van der Waals surface area contributed by atoms with Gasteiger partial charge in [0.05, 0.1) is 158 Å². The van der Waals surface area contributed by atoms with Gasteiger partial charge in [-0.25, -0.2) is 15.0 Å². The number of fused-ring (bicyclic) bond motifs is 1. The highest BCUT2D eigenvalue weighted by Crippen LogP contribution is 2.30. The number of hydrogen-bond donors (Lipinski definition) is 3. The third kappa shape index (κ3) is 26.0. The number of amides is 3. The zero-order valence-electron chi connectivity index (χ0n) is 38.5. The SMILES string of the molecule is CCCN(OCC)C(=O)C1=Cc2ccc(-c3cnc(CNC(=O)CCOCCOCCOCCOCCOCCOCCOCCOCCOCCOCCC(=O)O)nc3)cc2NC(=O)C1. The maximum Gasteiger partial charge on any atom is 0.305 e. The summed E-state index contributed by atoms with van der Waals surface area (Å²) in [6.07, 6.45) is 5.85. The molecule has 1 aliphatic rings. The average Bonchev–Trinajstić information content (AvgIpc) is 3.48. The van der Waals surface area contributed by atoms with E-state index in [-0.39, 0.29) is 56.7 Å². The molecule has 0 spiro atoms. The number of aliphatic carboxylic acids is 1. The molecular weight excluding hydrogens is 867 g/mol. The Morgan fingerprint density at radius 2 is 1.11 bits per heavy atom. The predicted molar refractivity (Wildman–Crippen MR) is 239 cm³/mol. The fraction of sp³-hybridized carbons (Fsp3) is 0.644. The Labute approximate surface area is 387 Å². The van der Waals surface area contributed by atoms with Gasteiger partial charge in [0.15, 0.2) is 0 Å². The van der Waals surface area contributed by atoms with E-state index in [1.165, 1.54) is 5.06 Å². The van der Waals surface area contributed by atoms with Gasteiger partial charge in [-0.2, -0.15) is 0 Å². The van der Waals surface area contributed by atoms with E-state index < -0.39 is 5.97 Å². The number of ether oxygens (including phenoxy) is 10. The van der Waals surface area contributed by atoms with Gasteiger partial charge in [-0.3, -0.25) is 24.0 Å². The molecule has 3 amide bonds. The van der Waals surface area contributed by atoms with Gasteiger partial charge in [-0.05, 0) is 36.6 Å². The number of anilines is 1. The Kier molecular flexibility index (Phi) is 30.9. The van der Waals surface area contributed by atoms with Crippen LogP contribution in [0, 0.1) is 0 Å². The van der Waals surface area contributed by atoms with Crippen LogP contribution < -0.4 is 10.6 Å². The van der Waals surface area contributed by atoms with Gasteiger partial charge >= 0.3 is 5.97 Å². The van der Waals surface area contributed by atoms with Crippen LogP contribution in [0.4, 0.5) is 5.69 Å². The third-order valence-corrected chi connectivity index (χ3v) is 8.99. The predicted octanol–water partition coefficient (Wildman–Crippen LogP) is 2.71. The van der Waals surface area contributed by atoms with Crippen LogP contribution in [0.25, 0.3) is 17.2 Å². The summed E-state index contributed by atoms with van der Waals surface area (Å²) in [7, 11) is 0. The number of carbonyl (C=O) groups is 4. The van der Waals surface area contributed by atoms with Gasteiger partial charge in [0, 0.05) is 42.2 Å². The van der Waals surface area contributed by atoms with Crippen molar-refractivity contribution in [2.24, 2.45) is 0 Å². The molecule has 21 nitrogen and oxygen atoms in total. The van der Waals surface area contributed by atoms with Gasteiger partial charge in [0.1, 0.15) is 5.82 Å². The zero-order valence-corrected chi connectivity index (χ0v) is 38.5. The van der Waals surface area contributed by atoms with Crippen LogP contribution in [-0.2, 0) is 77.9 Å². The molecular formula is C45H69N5O16. The second-order valence-corrected chi connectivity index (χ2v) is 14.2. The second-order valence-electron chi connectivity index (χ2n) is 14.2. The van der Waals surface area contributed by atoms with Gasteiger partial charge in [0.25, 0.3) is 5.91 Å². The molecule has 0 unspecified atom stereocenters. The number of nitrogens with zero attached hydrogens (tertiary/aromatic N) is 3. The van der Waals surface area contributed by atoms with E-state index in [0.717, 1.165) is 17.5 Å². The smallest absolute Gasteiger partial charge is 0.305 e. The molecule has 0 fully saturated rings. The molecule has 2 heterocycles. The Balaban J connectivity index is 1.08. The summed E-state index contributed by atoms with van der Waals surface area (Å²) >= 11 is 0. The van der Waals surface area contributed by atoms with E-state index in [0.29, 0.717) is 155 Å². The number of carboxylic acid groups (broad SMARTS) is 1. The first kappa shape index (κ1) is 55.8. The maximum absolute atomic E-state index is 13.1. The normalized spacial score (nSPS) is 12.3. The molecule has 1 aromatic heterocycles. The summed E-state index contributed by atoms with van der Waals surface area (Å²) in [5.41, 5.74) is 3.14. The fourth-order valence-corrected chi connectivity index (χ4v) is 5.72. The van der Waals surface area contributed by atoms with Crippen molar-refractivity contribution in [2.75, 3.05) is 151 Å². The van der Waals surface area contributed by atoms with Crippen LogP contribution in [0.2, 0.25) is 0 Å². The minimum Gasteiger partial charge on any atom is -0.481 e. The highest BCUT2D eigenvalue weighted by molar-refractivity contribution is 6.08. The lowest BCUT2D eigenvalue weighted by Crippen LogP contribution is -2.33. The largest absolute Gasteiger partial charge is 0.481 e. The molecule has 0 saturated carbocycles. The van der Waals surface area contributed by atoms with Crippen LogP contribution >= 0.6 is 0 Å². The van der Waals surface area contributed by atoms with Gasteiger partial charge in [-0.15, -0.1) is 0 Å². The Morgan fingerprint density at radius 1 is 0.652 bits per heavy atom. The number of benzene rings is 1. The number of aromatic nitrogens is 2. The summed E-state index contributed by atoms with van der Waals surface area (Å²) in [5, 5.41) is 15.5. The van der Waals surface area contributed by atoms with E-state index in [1.54, 1.807) is 18.5 Å². The molecule has 1 aliphatic heterocycles. The standard InChI is InChI=1S/C45H69N5O16/c1-3-9-50(66-4-2)45(55)38-30-37-6-5-36(31-40(37)49-43(52)32-38)39-33-46-41(47-34-39)35-48-42(51)7-10-56-12-14-58-16-18-60-20-22-62-24-26-64-28-29-65-27-25-63-23-21-61-19-17-59-15-13-57-11-8-44(53)54/h5-6,30-31,33-34H,3-4,7-29,32,35H2,1-2H3,(H,48,51)(H,49,52)(H,53,54). The summed E-state index contributed by atoms with van der Waals surface area (Å²) in [6, 6.07) is 5.53. The average molecular weight is 936 g/mol. The lowest BCUT2D eigenvalue weighted by atomic mass is 10.0. The van der Waals surface area contributed by atoms with Crippen molar-refractivity contribution in [3.8, 4) is 11.1 Å². The lowest BCUT2D eigenvalue weighted by Gasteiger charge is -2.21. The van der Waals surface area contributed by atoms with Gasteiger partial charge in [-0.1, -0.05) is 19.1 Å². The quantitative estimate of drug-likeness (QED) is 0.0641. The molecule has 3 N–H and O–H groups in total. The van der Waals surface area contributed by atoms with E-state index >= 15 is 0 Å². The van der Waals surface area contributed by atoms with E-state index in [9.17, 15) is 19.2 Å². The number of carbonyl (C=O) groups excluding carboxylic acids is 3. The van der Waals surface area contributed by atoms with Crippen LogP contribution in [0.15, 0.2) is 36.2 Å². The minimum atomic E-state index is -0.885. The van der Waals surface area contributed by atoms with E-state index in [1.807, 2.05) is 32.0 Å². The Morgan fingerprint density at radius 3 is 1.55 bits per heavy atom. The summed E-state index contributed by atoms with van der Waals surface area (Å²) in [6.45, 7) is 12.8. The van der Waals surface area contributed by atoms with Crippen molar-refractivity contribution in [2.45, 2.75) is 46.1 Å². The van der Waals surface area contributed by atoms with Crippen molar-refractivity contribution in [1.29, 1.82) is 0 Å². The number of hydroxylamine groups is 2. The number of hydrogen-bond acceptors (Lipinski definition) is 17. The van der Waals surface area contributed by atoms with Gasteiger partial charge in [0.2, 0.25) is 11.8 Å². The molecule has 0 saturated heterocycles. The van der Waals surface area contributed by atoms with Crippen LogP contribution in [0.1, 0.15) is 50.9 Å². The summed E-state index contributed by atoms with van der Waals surface area (Å²) in [5.74, 6) is -1.26. The molecule has 0 radical (unpaired) electrons. The van der Waals surface area contributed by atoms with Crippen molar-refractivity contribution < 1.29 is 76.5 Å². The molecule has 66 heavy (non-hydrogen) atoms. The van der Waals surface area contributed by atoms with Crippen LogP contribution in [-0.4, -0.2) is 189 Å². The first-order chi connectivity index (χ1) is 32.3. The number of carboxylic acids is 1. The molecule has 0 atom stereocenters. The lowest BCUT2D eigenvalue weighted by molar-refractivity contribution is -0.180. The van der Waals surface area contributed by atoms with E-state index in [4.69, 9.17) is 57.3 Å². The minimum absolute atomic E-state index is 0.0150. The Bertz CT molecular complexity index is 1680. The van der Waals surface area contributed by atoms with Crippen LogP contribution in [0.3, 0.4) is 0 Å². The van der Waals surface area contributed by atoms with Crippen molar-refractivity contribution >= 4 is 35.5 Å². The molecule has 0 aliphatic carbocycles. The second kappa shape index (κ2) is 36.6. The topological polar surface area (TPSA) is 243 Å². The monoisotopic (exact) mass is 935 g/mol. The fourth-order valence-electron chi connectivity index (χ4n) is 5.72. The molecule has 2 aromatic rings. The molecule has 370 valence electrons. The number of rotatable bonds is 41. The first-order valence-corrected chi connectivity index (χ1v) is 22.5. The molecule has 3 rings (SSSR count). The maximum atomic E-state index is 13.1. The third-order valence-electron chi connectivity index (χ3n) is 8.99. The molecule has 21 heteroatoms. The highest BCUT2D eigenvalue weighted by atomic mass is 16.7.